The quantitative estimate of drug-likeness (QED) is 0.612. The number of aryl methyl sites for hydroxylation is 1. The van der Waals surface area contributed by atoms with Crippen molar-refractivity contribution in [3.05, 3.63) is 78.6 Å². The van der Waals surface area contributed by atoms with Gasteiger partial charge in [0.05, 0.1) is 17.4 Å². The second-order valence-electron chi connectivity index (χ2n) is 5.66. The highest BCUT2D eigenvalue weighted by Gasteiger charge is 2.20. The van der Waals surface area contributed by atoms with Gasteiger partial charge in [-0.1, -0.05) is 23.4 Å². The number of amides is 1. The molecular formula is C19H15N5O2. The predicted molar refractivity (Wildman–Crippen MR) is 96.0 cm³/mol. The Morgan fingerprint density at radius 1 is 1.12 bits per heavy atom. The number of hydrogen-bond acceptors (Lipinski definition) is 5. The van der Waals surface area contributed by atoms with Crippen molar-refractivity contribution in [2.24, 2.45) is 0 Å². The van der Waals surface area contributed by atoms with E-state index < -0.39 is 0 Å². The van der Waals surface area contributed by atoms with Crippen molar-refractivity contribution in [1.29, 1.82) is 0 Å². The molecule has 0 saturated carbocycles. The fourth-order valence-electron chi connectivity index (χ4n) is 2.58. The van der Waals surface area contributed by atoms with E-state index in [4.69, 9.17) is 4.52 Å². The van der Waals surface area contributed by atoms with Crippen LogP contribution in [0.1, 0.15) is 16.1 Å². The average Bonchev–Trinajstić information content (AvgIpc) is 3.30. The zero-order valence-electron chi connectivity index (χ0n) is 14.0. The first kappa shape index (κ1) is 15.8. The van der Waals surface area contributed by atoms with E-state index in [1.807, 2.05) is 42.5 Å². The number of nitrogens with zero attached hydrogens (tertiary/aromatic N) is 4. The number of para-hydroxylation sites is 1. The summed E-state index contributed by atoms with van der Waals surface area (Å²) in [6, 6.07) is 13.3. The molecule has 3 aromatic heterocycles. The second-order valence-corrected chi connectivity index (χ2v) is 5.66. The van der Waals surface area contributed by atoms with Gasteiger partial charge in [0, 0.05) is 24.2 Å². The molecule has 0 saturated heterocycles. The largest absolute Gasteiger partial charge is 0.359 e. The van der Waals surface area contributed by atoms with Gasteiger partial charge in [0.15, 0.2) is 5.76 Å². The molecule has 0 radical (unpaired) electrons. The van der Waals surface area contributed by atoms with E-state index in [0.717, 1.165) is 11.3 Å². The minimum Gasteiger partial charge on any atom is -0.359 e. The summed E-state index contributed by atoms with van der Waals surface area (Å²) in [5.41, 5.74) is 3.13. The number of hydrogen-bond donors (Lipinski definition) is 1. The highest BCUT2D eigenvalue weighted by atomic mass is 16.5. The van der Waals surface area contributed by atoms with Crippen LogP contribution in [0.2, 0.25) is 0 Å². The van der Waals surface area contributed by atoms with E-state index in [2.05, 4.69) is 20.6 Å². The van der Waals surface area contributed by atoms with Crippen molar-refractivity contribution in [2.45, 2.75) is 6.92 Å². The number of nitrogens with one attached hydrogen (secondary N) is 1. The van der Waals surface area contributed by atoms with Crippen LogP contribution < -0.4 is 5.32 Å². The van der Waals surface area contributed by atoms with Crippen LogP contribution in [0, 0.1) is 6.92 Å². The summed E-state index contributed by atoms with van der Waals surface area (Å²) >= 11 is 0. The summed E-state index contributed by atoms with van der Waals surface area (Å²) in [7, 11) is 0. The van der Waals surface area contributed by atoms with Gasteiger partial charge in [0.2, 0.25) is 0 Å². The summed E-state index contributed by atoms with van der Waals surface area (Å²) in [6.07, 6.45) is 6.53. The summed E-state index contributed by atoms with van der Waals surface area (Å²) in [6.45, 7) is 1.73. The van der Waals surface area contributed by atoms with E-state index in [1.165, 1.54) is 6.20 Å². The van der Waals surface area contributed by atoms with E-state index in [0.29, 0.717) is 22.7 Å². The van der Waals surface area contributed by atoms with E-state index >= 15 is 0 Å². The third kappa shape index (κ3) is 2.98. The van der Waals surface area contributed by atoms with Crippen molar-refractivity contribution < 1.29 is 9.32 Å². The Hall–Kier alpha value is -3.74. The second kappa shape index (κ2) is 6.64. The molecule has 0 unspecified atom stereocenters. The third-order valence-corrected chi connectivity index (χ3v) is 3.91. The summed E-state index contributed by atoms with van der Waals surface area (Å²) in [5, 5.41) is 11.1. The number of carbonyl (C=O) groups is 1. The molecule has 4 rings (SSSR count). The van der Waals surface area contributed by atoms with E-state index in [1.54, 1.807) is 30.2 Å². The number of rotatable bonds is 4. The van der Waals surface area contributed by atoms with Crippen LogP contribution in [0.3, 0.4) is 0 Å². The molecule has 0 atom stereocenters. The zero-order valence-corrected chi connectivity index (χ0v) is 14.0. The molecular weight excluding hydrogens is 330 g/mol. The van der Waals surface area contributed by atoms with Crippen LogP contribution in [0.15, 0.2) is 71.8 Å². The van der Waals surface area contributed by atoms with Gasteiger partial charge < -0.3 is 9.84 Å². The maximum atomic E-state index is 12.8. The van der Waals surface area contributed by atoms with Gasteiger partial charge in [-0.3, -0.25) is 9.78 Å². The summed E-state index contributed by atoms with van der Waals surface area (Å²) in [4.78, 5) is 17.0. The van der Waals surface area contributed by atoms with Crippen LogP contribution >= 0.6 is 0 Å². The van der Waals surface area contributed by atoms with Gasteiger partial charge in [0.1, 0.15) is 11.4 Å². The Kier molecular flexibility index (Phi) is 4.03. The zero-order chi connectivity index (χ0) is 17.9. The van der Waals surface area contributed by atoms with Gasteiger partial charge in [0.25, 0.3) is 5.91 Å². The van der Waals surface area contributed by atoms with Crippen molar-refractivity contribution in [3.8, 4) is 16.9 Å². The van der Waals surface area contributed by atoms with Gasteiger partial charge >= 0.3 is 0 Å². The molecule has 1 amide bonds. The lowest BCUT2D eigenvalue weighted by Crippen LogP contribution is -2.12. The van der Waals surface area contributed by atoms with Crippen molar-refractivity contribution in [2.75, 3.05) is 5.32 Å². The maximum absolute atomic E-state index is 12.8. The molecule has 128 valence electrons. The monoisotopic (exact) mass is 345 g/mol. The molecule has 7 heteroatoms. The molecule has 0 bridgehead atoms. The van der Waals surface area contributed by atoms with Gasteiger partial charge in [-0.15, -0.1) is 0 Å². The van der Waals surface area contributed by atoms with Crippen LogP contribution in [0.4, 0.5) is 5.69 Å². The van der Waals surface area contributed by atoms with E-state index in [9.17, 15) is 4.79 Å². The number of benzene rings is 1. The molecule has 0 aliphatic rings. The van der Waals surface area contributed by atoms with Gasteiger partial charge in [-0.05, 0) is 31.2 Å². The molecule has 0 aliphatic carbocycles. The highest BCUT2D eigenvalue weighted by molar-refractivity contribution is 6.08. The molecule has 0 fully saturated rings. The van der Waals surface area contributed by atoms with Crippen molar-refractivity contribution >= 4 is 11.6 Å². The maximum Gasteiger partial charge on any atom is 0.259 e. The normalized spacial score (nSPS) is 10.7. The fourth-order valence-corrected chi connectivity index (χ4v) is 2.58. The predicted octanol–water partition coefficient (Wildman–Crippen LogP) is 3.48. The lowest BCUT2D eigenvalue weighted by Gasteiger charge is -2.03. The number of pyridine rings is 1. The van der Waals surface area contributed by atoms with Crippen LogP contribution in [0.25, 0.3) is 16.9 Å². The van der Waals surface area contributed by atoms with Gasteiger partial charge in [-0.2, -0.15) is 5.10 Å². The number of carbonyl (C=O) groups excluding carboxylic acids is 1. The van der Waals surface area contributed by atoms with Crippen molar-refractivity contribution in [3.63, 3.8) is 0 Å². The molecule has 3 heterocycles. The third-order valence-electron chi connectivity index (χ3n) is 3.91. The first-order chi connectivity index (χ1) is 12.7. The Morgan fingerprint density at radius 2 is 1.96 bits per heavy atom. The Balaban J connectivity index is 1.78. The average molecular weight is 345 g/mol. The van der Waals surface area contributed by atoms with Crippen LogP contribution in [-0.2, 0) is 0 Å². The Bertz CT molecular complexity index is 1040. The molecule has 7 nitrogen and oxygen atoms in total. The van der Waals surface area contributed by atoms with Crippen LogP contribution in [-0.4, -0.2) is 25.8 Å². The Labute approximate surface area is 149 Å². The smallest absolute Gasteiger partial charge is 0.259 e. The lowest BCUT2D eigenvalue weighted by molar-refractivity contribution is 0.102. The van der Waals surface area contributed by atoms with E-state index in [-0.39, 0.29) is 5.91 Å². The lowest BCUT2D eigenvalue weighted by atomic mass is 10.1. The molecule has 4 aromatic rings. The summed E-state index contributed by atoms with van der Waals surface area (Å²) < 4.78 is 6.67. The molecule has 1 aromatic carbocycles. The first-order valence-electron chi connectivity index (χ1n) is 8.00. The number of anilines is 1. The number of aromatic nitrogens is 4. The Morgan fingerprint density at radius 3 is 2.65 bits per heavy atom. The molecule has 0 spiro atoms. The van der Waals surface area contributed by atoms with Gasteiger partial charge in [-0.25, -0.2) is 4.68 Å². The minimum atomic E-state index is -0.294. The topological polar surface area (TPSA) is 85.8 Å². The fraction of sp³-hybridized carbons (Fsp3) is 0.0526. The minimum absolute atomic E-state index is 0.294. The summed E-state index contributed by atoms with van der Waals surface area (Å²) in [5.74, 6) is 0.245. The molecule has 26 heavy (non-hydrogen) atoms. The SMILES string of the molecule is Cc1oncc1NC(=O)c1cn(-c2ccccc2)nc1-c1cccnc1. The van der Waals surface area contributed by atoms with Crippen LogP contribution in [0.5, 0.6) is 0 Å². The molecule has 0 aliphatic heterocycles. The standard InChI is InChI=1S/C19H15N5O2/c1-13-17(11-21-26-13)22-19(25)16-12-24(15-7-3-2-4-8-15)23-18(16)14-6-5-9-20-10-14/h2-12H,1H3,(H,22,25). The van der Waals surface area contributed by atoms with Crippen molar-refractivity contribution in [1.82, 2.24) is 19.9 Å². The molecule has 1 N–H and O–H groups in total. The first-order valence-corrected chi connectivity index (χ1v) is 8.00. The highest BCUT2D eigenvalue weighted by Crippen LogP contribution is 2.24.